The average molecular weight is 209 g/mol. The molecule has 15 heavy (non-hydrogen) atoms. The second-order valence-electron chi connectivity index (χ2n) is 3.89. The number of benzene rings is 1. The van der Waals surface area contributed by atoms with Gasteiger partial charge in [0.25, 0.3) is 0 Å². The van der Waals surface area contributed by atoms with E-state index in [4.69, 9.17) is 4.74 Å². The second-order valence-corrected chi connectivity index (χ2v) is 3.89. The molecule has 0 radical (unpaired) electrons. The predicted octanol–water partition coefficient (Wildman–Crippen LogP) is 2.27. The number of aliphatic hydroxyl groups excluding tert-OH is 1. The van der Waals surface area contributed by atoms with Gasteiger partial charge in [-0.25, -0.2) is 0 Å². The smallest absolute Gasteiger partial charge is 0.142 e. The van der Waals surface area contributed by atoms with Crippen molar-refractivity contribution >= 4 is 5.69 Å². The standard InChI is InChI=1S/C12H19NO2/c1-9(2)15-12-7-5-4-6-11(12)13-8-10(3)14/h4-7,9-10,13-14H,8H2,1-3H3. The molecule has 1 unspecified atom stereocenters. The van der Waals surface area contributed by atoms with Crippen LogP contribution in [0.3, 0.4) is 0 Å². The van der Waals surface area contributed by atoms with Crippen molar-refractivity contribution in [2.75, 3.05) is 11.9 Å². The molecule has 0 aliphatic rings. The molecule has 0 saturated heterocycles. The van der Waals surface area contributed by atoms with Crippen molar-refractivity contribution in [1.29, 1.82) is 0 Å². The van der Waals surface area contributed by atoms with Gasteiger partial charge in [0.2, 0.25) is 0 Å². The van der Waals surface area contributed by atoms with Gasteiger partial charge in [0, 0.05) is 6.54 Å². The van der Waals surface area contributed by atoms with Crippen molar-refractivity contribution < 1.29 is 9.84 Å². The molecule has 0 saturated carbocycles. The van der Waals surface area contributed by atoms with Crippen molar-refractivity contribution in [2.24, 2.45) is 0 Å². The Morgan fingerprint density at radius 3 is 2.53 bits per heavy atom. The first-order valence-electron chi connectivity index (χ1n) is 5.27. The summed E-state index contributed by atoms with van der Waals surface area (Å²) in [6.45, 7) is 6.26. The van der Waals surface area contributed by atoms with Gasteiger partial charge in [-0.05, 0) is 32.9 Å². The van der Waals surface area contributed by atoms with Crippen LogP contribution in [0.25, 0.3) is 0 Å². The van der Waals surface area contributed by atoms with Gasteiger partial charge in [-0.1, -0.05) is 12.1 Å². The Hall–Kier alpha value is -1.22. The number of rotatable bonds is 5. The van der Waals surface area contributed by atoms with E-state index in [1.165, 1.54) is 0 Å². The summed E-state index contributed by atoms with van der Waals surface area (Å²) in [5.74, 6) is 0.827. The molecule has 0 aliphatic heterocycles. The monoisotopic (exact) mass is 209 g/mol. The lowest BCUT2D eigenvalue weighted by Gasteiger charge is -2.16. The minimum Gasteiger partial charge on any atom is -0.489 e. The Morgan fingerprint density at radius 2 is 1.93 bits per heavy atom. The number of aliphatic hydroxyl groups is 1. The van der Waals surface area contributed by atoms with Crippen molar-refractivity contribution in [2.45, 2.75) is 33.0 Å². The van der Waals surface area contributed by atoms with Gasteiger partial charge in [0.15, 0.2) is 0 Å². The van der Waals surface area contributed by atoms with Crippen molar-refractivity contribution in [3.63, 3.8) is 0 Å². The first-order valence-corrected chi connectivity index (χ1v) is 5.27. The van der Waals surface area contributed by atoms with E-state index in [0.29, 0.717) is 6.54 Å². The fraction of sp³-hybridized carbons (Fsp3) is 0.500. The fourth-order valence-corrected chi connectivity index (χ4v) is 1.23. The number of ether oxygens (including phenoxy) is 1. The highest BCUT2D eigenvalue weighted by Crippen LogP contribution is 2.24. The van der Waals surface area contributed by atoms with Crippen LogP contribution in [0.5, 0.6) is 5.75 Å². The number of hydrogen-bond acceptors (Lipinski definition) is 3. The average Bonchev–Trinajstić information content (AvgIpc) is 2.15. The van der Waals surface area contributed by atoms with Crippen LogP contribution in [-0.2, 0) is 0 Å². The maximum absolute atomic E-state index is 9.18. The Bertz CT molecular complexity index is 297. The summed E-state index contributed by atoms with van der Waals surface area (Å²) in [6.07, 6.45) is -0.211. The normalized spacial score (nSPS) is 12.6. The third kappa shape index (κ3) is 4.21. The molecule has 84 valence electrons. The number of nitrogens with one attached hydrogen (secondary N) is 1. The van der Waals surface area contributed by atoms with Crippen molar-refractivity contribution in [1.82, 2.24) is 0 Å². The van der Waals surface area contributed by atoms with Crippen LogP contribution in [0.4, 0.5) is 5.69 Å². The highest BCUT2D eigenvalue weighted by molar-refractivity contribution is 5.56. The van der Waals surface area contributed by atoms with Gasteiger partial charge in [-0.15, -0.1) is 0 Å². The molecule has 0 aromatic heterocycles. The van der Waals surface area contributed by atoms with E-state index in [1.807, 2.05) is 38.1 Å². The summed E-state index contributed by atoms with van der Waals surface area (Å²) >= 11 is 0. The van der Waals surface area contributed by atoms with Gasteiger partial charge in [0.1, 0.15) is 5.75 Å². The third-order valence-electron chi connectivity index (χ3n) is 1.84. The molecule has 0 heterocycles. The topological polar surface area (TPSA) is 41.5 Å². The van der Waals surface area contributed by atoms with Gasteiger partial charge in [-0.2, -0.15) is 0 Å². The molecule has 0 bridgehead atoms. The number of hydrogen-bond donors (Lipinski definition) is 2. The highest BCUT2D eigenvalue weighted by Gasteiger charge is 2.04. The molecule has 1 aromatic rings. The molecule has 0 spiro atoms. The first kappa shape index (κ1) is 11.9. The Morgan fingerprint density at radius 1 is 1.27 bits per heavy atom. The predicted molar refractivity (Wildman–Crippen MR) is 62.4 cm³/mol. The Kier molecular flexibility index (Phi) is 4.43. The van der Waals surface area contributed by atoms with Gasteiger partial charge < -0.3 is 15.2 Å². The number of anilines is 1. The van der Waals surface area contributed by atoms with E-state index in [2.05, 4.69) is 5.32 Å². The summed E-state index contributed by atoms with van der Waals surface area (Å²) < 4.78 is 5.63. The van der Waals surface area contributed by atoms with E-state index < -0.39 is 0 Å². The molecule has 0 amide bonds. The second kappa shape index (κ2) is 5.61. The lowest BCUT2D eigenvalue weighted by molar-refractivity contribution is 0.207. The van der Waals surface area contributed by atoms with Crippen LogP contribution in [0, 0.1) is 0 Å². The molecular formula is C12H19NO2. The number of para-hydroxylation sites is 2. The quantitative estimate of drug-likeness (QED) is 0.781. The zero-order valence-electron chi connectivity index (χ0n) is 9.53. The van der Waals surface area contributed by atoms with E-state index in [-0.39, 0.29) is 12.2 Å². The lowest BCUT2D eigenvalue weighted by atomic mass is 10.2. The maximum Gasteiger partial charge on any atom is 0.142 e. The minimum atomic E-state index is -0.364. The molecule has 2 N–H and O–H groups in total. The van der Waals surface area contributed by atoms with E-state index >= 15 is 0 Å². The third-order valence-corrected chi connectivity index (χ3v) is 1.84. The van der Waals surface area contributed by atoms with Crippen LogP contribution >= 0.6 is 0 Å². The fourth-order valence-electron chi connectivity index (χ4n) is 1.23. The lowest BCUT2D eigenvalue weighted by Crippen LogP contribution is -2.16. The highest BCUT2D eigenvalue weighted by atomic mass is 16.5. The SMILES string of the molecule is CC(O)CNc1ccccc1OC(C)C. The molecular weight excluding hydrogens is 190 g/mol. The molecule has 3 nitrogen and oxygen atoms in total. The van der Waals surface area contributed by atoms with Crippen LogP contribution in [0.15, 0.2) is 24.3 Å². The van der Waals surface area contributed by atoms with Crippen molar-refractivity contribution in [3.8, 4) is 5.75 Å². The summed E-state index contributed by atoms with van der Waals surface area (Å²) in [4.78, 5) is 0. The van der Waals surface area contributed by atoms with Crippen LogP contribution in [0.1, 0.15) is 20.8 Å². The molecule has 0 aliphatic carbocycles. The van der Waals surface area contributed by atoms with Crippen molar-refractivity contribution in [3.05, 3.63) is 24.3 Å². The minimum absolute atomic E-state index is 0.152. The summed E-state index contributed by atoms with van der Waals surface area (Å²) in [6, 6.07) is 7.74. The van der Waals surface area contributed by atoms with E-state index in [9.17, 15) is 5.11 Å². The molecule has 1 atom stereocenters. The molecule has 1 rings (SSSR count). The van der Waals surface area contributed by atoms with Gasteiger partial charge in [0.05, 0.1) is 17.9 Å². The van der Waals surface area contributed by atoms with Gasteiger partial charge in [-0.3, -0.25) is 0 Å². The Labute approximate surface area is 91.1 Å². The summed E-state index contributed by atoms with van der Waals surface area (Å²) in [5.41, 5.74) is 0.923. The molecule has 1 aromatic carbocycles. The Balaban J connectivity index is 2.68. The zero-order chi connectivity index (χ0) is 11.3. The molecule has 3 heteroatoms. The zero-order valence-corrected chi connectivity index (χ0v) is 9.53. The largest absolute Gasteiger partial charge is 0.489 e. The van der Waals surface area contributed by atoms with E-state index in [1.54, 1.807) is 6.92 Å². The van der Waals surface area contributed by atoms with Crippen LogP contribution < -0.4 is 10.1 Å². The summed E-state index contributed by atoms with van der Waals surface area (Å²) in [5, 5.41) is 12.3. The maximum atomic E-state index is 9.18. The van der Waals surface area contributed by atoms with Gasteiger partial charge >= 0.3 is 0 Å². The summed E-state index contributed by atoms with van der Waals surface area (Å²) in [7, 11) is 0. The van der Waals surface area contributed by atoms with E-state index in [0.717, 1.165) is 11.4 Å². The molecule has 0 fully saturated rings. The first-order chi connectivity index (χ1) is 7.09. The van der Waals surface area contributed by atoms with Crippen LogP contribution in [-0.4, -0.2) is 23.9 Å². The van der Waals surface area contributed by atoms with Crippen LogP contribution in [0.2, 0.25) is 0 Å².